The molecule has 1 aromatic heterocycles. The summed E-state index contributed by atoms with van der Waals surface area (Å²) in [5, 5.41) is 14.9. The first kappa shape index (κ1) is 24.0. The number of benzene rings is 2. The van der Waals surface area contributed by atoms with Gasteiger partial charge in [0.15, 0.2) is 0 Å². The second kappa shape index (κ2) is 9.82. The summed E-state index contributed by atoms with van der Waals surface area (Å²) in [5.41, 5.74) is 5.10. The Labute approximate surface area is 220 Å². The highest BCUT2D eigenvalue weighted by Gasteiger charge is 2.35. The van der Waals surface area contributed by atoms with Crippen LogP contribution in [0, 0.1) is 0 Å². The third-order valence-electron chi connectivity index (χ3n) is 7.79. The lowest BCUT2D eigenvalue weighted by atomic mass is 9.95. The van der Waals surface area contributed by atoms with Crippen molar-refractivity contribution in [2.24, 2.45) is 0 Å². The molecule has 1 saturated carbocycles. The molecule has 1 saturated heterocycles. The van der Waals surface area contributed by atoms with Gasteiger partial charge in [-0.3, -0.25) is 4.90 Å². The van der Waals surface area contributed by atoms with E-state index in [0.717, 1.165) is 68.5 Å². The zero-order valence-corrected chi connectivity index (χ0v) is 21.4. The van der Waals surface area contributed by atoms with E-state index in [1.807, 2.05) is 30.3 Å². The maximum Gasteiger partial charge on any atom is 0.335 e. The summed E-state index contributed by atoms with van der Waals surface area (Å²) < 4.78 is 12.3. The zero-order chi connectivity index (χ0) is 24.8. The molecule has 0 radical (unpaired) electrons. The number of aryl methyl sites for hydroxylation is 1. The van der Waals surface area contributed by atoms with Gasteiger partial charge in [0.2, 0.25) is 0 Å². The van der Waals surface area contributed by atoms with Crippen LogP contribution in [-0.4, -0.2) is 39.8 Å². The topological polar surface area (TPSA) is 75.8 Å². The van der Waals surface area contributed by atoms with Crippen molar-refractivity contribution in [3.63, 3.8) is 0 Å². The highest BCUT2D eigenvalue weighted by Crippen LogP contribution is 2.46. The number of rotatable bonds is 6. The van der Waals surface area contributed by atoms with Crippen LogP contribution in [0.1, 0.15) is 70.8 Å². The summed E-state index contributed by atoms with van der Waals surface area (Å²) in [6.07, 6.45) is 6.21. The molecule has 188 valence electrons. The summed E-state index contributed by atoms with van der Waals surface area (Å²) in [6.45, 7) is 2.14. The van der Waals surface area contributed by atoms with Gasteiger partial charge in [0.05, 0.1) is 28.3 Å². The molecule has 2 atom stereocenters. The minimum atomic E-state index is -0.873. The van der Waals surface area contributed by atoms with Crippen molar-refractivity contribution >= 4 is 29.2 Å². The van der Waals surface area contributed by atoms with Crippen molar-refractivity contribution in [2.75, 3.05) is 6.54 Å². The molecule has 0 spiro atoms. The van der Waals surface area contributed by atoms with E-state index in [0.29, 0.717) is 45.4 Å². The Hall–Kier alpha value is -2.38. The van der Waals surface area contributed by atoms with Crippen molar-refractivity contribution in [1.29, 1.82) is 0 Å². The van der Waals surface area contributed by atoms with Crippen LogP contribution >= 0.6 is 23.2 Å². The average molecular weight is 527 g/mol. The number of fused-ring (bicyclic) bond motifs is 2. The van der Waals surface area contributed by atoms with Crippen LogP contribution in [0.4, 0.5) is 0 Å². The van der Waals surface area contributed by atoms with E-state index >= 15 is 0 Å². The van der Waals surface area contributed by atoms with E-state index in [4.69, 9.17) is 32.5 Å². The normalized spacial score (nSPS) is 22.1. The first-order valence-electron chi connectivity index (χ1n) is 12.6. The monoisotopic (exact) mass is 526 g/mol. The van der Waals surface area contributed by atoms with Gasteiger partial charge in [-0.2, -0.15) is 0 Å². The predicted octanol–water partition coefficient (Wildman–Crippen LogP) is 6.72. The lowest BCUT2D eigenvalue weighted by Gasteiger charge is -2.38. The maximum atomic E-state index is 11.4. The standard InChI is InChI=1S/C28H28Cl2N2O4/c29-23-2-1-3-24(30)25(23)26-22(27(36-31-26)17-5-6-17)15-35-21-10-11-32-14-19-12-18(28(33)34)7-4-16(19)8-9-20(32)13-21/h1-4,7,12,17,20-21H,5-6,8-11,13-15H2,(H,33,34). The number of hydrogen-bond donors (Lipinski definition) is 1. The number of hydrogen-bond acceptors (Lipinski definition) is 5. The molecule has 6 rings (SSSR count). The number of halogens is 2. The molecule has 1 N–H and O–H groups in total. The number of ether oxygens (including phenoxy) is 1. The number of aromatic carboxylic acids is 1. The summed E-state index contributed by atoms with van der Waals surface area (Å²) in [6, 6.07) is 11.4. The zero-order valence-electron chi connectivity index (χ0n) is 19.9. The highest BCUT2D eigenvalue weighted by molar-refractivity contribution is 6.39. The van der Waals surface area contributed by atoms with Crippen LogP contribution < -0.4 is 0 Å². The second-order valence-electron chi connectivity index (χ2n) is 10.2. The molecule has 3 aliphatic rings. The van der Waals surface area contributed by atoms with Gasteiger partial charge in [-0.05, 0) is 73.9 Å². The molecule has 3 aromatic rings. The van der Waals surface area contributed by atoms with Crippen LogP contribution in [0.2, 0.25) is 10.0 Å². The Morgan fingerprint density at radius 2 is 1.92 bits per heavy atom. The first-order chi connectivity index (χ1) is 17.5. The number of aromatic nitrogens is 1. The van der Waals surface area contributed by atoms with Gasteiger partial charge in [-0.15, -0.1) is 0 Å². The Morgan fingerprint density at radius 1 is 1.11 bits per heavy atom. The fraction of sp³-hybridized carbons (Fsp3) is 0.429. The summed E-state index contributed by atoms with van der Waals surface area (Å²) >= 11 is 13.0. The van der Waals surface area contributed by atoms with Crippen molar-refractivity contribution in [2.45, 2.75) is 69.7 Å². The van der Waals surface area contributed by atoms with E-state index in [9.17, 15) is 9.90 Å². The van der Waals surface area contributed by atoms with Gasteiger partial charge in [0, 0.05) is 36.2 Å². The van der Waals surface area contributed by atoms with Gasteiger partial charge < -0.3 is 14.4 Å². The smallest absolute Gasteiger partial charge is 0.335 e. The first-order valence-corrected chi connectivity index (χ1v) is 13.4. The van der Waals surface area contributed by atoms with E-state index in [1.54, 1.807) is 6.07 Å². The molecule has 6 nitrogen and oxygen atoms in total. The van der Waals surface area contributed by atoms with Gasteiger partial charge in [0.1, 0.15) is 11.5 Å². The molecule has 2 unspecified atom stereocenters. The minimum Gasteiger partial charge on any atom is -0.478 e. The average Bonchev–Trinajstić information content (AvgIpc) is 3.65. The third-order valence-corrected chi connectivity index (χ3v) is 8.42. The summed E-state index contributed by atoms with van der Waals surface area (Å²) in [4.78, 5) is 13.9. The van der Waals surface area contributed by atoms with E-state index in [1.165, 1.54) is 5.56 Å². The molecule has 2 aliphatic heterocycles. The van der Waals surface area contributed by atoms with Gasteiger partial charge in [-0.25, -0.2) is 4.79 Å². The number of carboxylic acid groups (broad SMARTS) is 1. The molecule has 3 heterocycles. The molecule has 2 aromatic carbocycles. The number of nitrogens with zero attached hydrogens (tertiary/aromatic N) is 2. The van der Waals surface area contributed by atoms with E-state index in [2.05, 4.69) is 10.1 Å². The third kappa shape index (κ3) is 4.68. The van der Waals surface area contributed by atoms with Crippen molar-refractivity contribution in [1.82, 2.24) is 10.1 Å². The largest absolute Gasteiger partial charge is 0.478 e. The molecule has 8 heteroatoms. The molecule has 1 aliphatic carbocycles. The van der Waals surface area contributed by atoms with Crippen LogP contribution in [0.15, 0.2) is 40.9 Å². The SMILES string of the molecule is O=C(O)c1ccc2c(c1)CN1CCC(OCc3c(-c4c(Cl)cccc4Cl)noc3C3CC3)CC1CC2. The number of carbonyl (C=O) groups is 1. The molecule has 2 fully saturated rings. The number of piperidine rings is 1. The quantitative estimate of drug-likeness (QED) is 0.384. The lowest BCUT2D eigenvalue weighted by Crippen LogP contribution is -2.43. The van der Waals surface area contributed by atoms with Crippen LogP contribution in [-0.2, 0) is 24.3 Å². The molecular formula is C28H28Cl2N2O4. The fourth-order valence-electron chi connectivity index (χ4n) is 5.66. The molecular weight excluding hydrogens is 499 g/mol. The molecule has 36 heavy (non-hydrogen) atoms. The van der Waals surface area contributed by atoms with Crippen LogP contribution in [0.5, 0.6) is 0 Å². The predicted molar refractivity (Wildman–Crippen MR) is 138 cm³/mol. The van der Waals surface area contributed by atoms with Gasteiger partial charge in [0.25, 0.3) is 0 Å². The van der Waals surface area contributed by atoms with Crippen molar-refractivity contribution in [3.05, 3.63) is 74.5 Å². The maximum absolute atomic E-state index is 11.4. The van der Waals surface area contributed by atoms with Crippen molar-refractivity contribution in [3.8, 4) is 11.3 Å². The fourth-order valence-corrected chi connectivity index (χ4v) is 6.24. The van der Waals surface area contributed by atoms with Crippen LogP contribution in [0.25, 0.3) is 11.3 Å². The second-order valence-corrected chi connectivity index (χ2v) is 11.0. The highest BCUT2D eigenvalue weighted by atomic mass is 35.5. The molecule has 0 amide bonds. The van der Waals surface area contributed by atoms with Gasteiger partial charge >= 0.3 is 5.97 Å². The summed E-state index contributed by atoms with van der Waals surface area (Å²) in [5.74, 6) is 0.420. The van der Waals surface area contributed by atoms with E-state index < -0.39 is 5.97 Å². The lowest BCUT2D eigenvalue weighted by molar-refractivity contribution is -0.0270. The van der Waals surface area contributed by atoms with Crippen LogP contribution in [0.3, 0.4) is 0 Å². The number of carboxylic acids is 1. The van der Waals surface area contributed by atoms with E-state index in [-0.39, 0.29) is 6.10 Å². The Bertz CT molecular complexity index is 1280. The minimum absolute atomic E-state index is 0.138. The Morgan fingerprint density at radius 3 is 2.67 bits per heavy atom. The van der Waals surface area contributed by atoms with Crippen molar-refractivity contribution < 1.29 is 19.2 Å². The summed E-state index contributed by atoms with van der Waals surface area (Å²) in [7, 11) is 0. The molecule has 0 bridgehead atoms. The van der Waals surface area contributed by atoms with Gasteiger partial charge in [-0.1, -0.05) is 40.5 Å². The Balaban J connectivity index is 1.17. The Kier molecular flexibility index (Phi) is 6.54.